The smallest absolute Gasteiger partial charge is 0.156 e. The third-order valence-corrected chi connectivity index (χ3v) is 11.9. The third-order valence-electron chi connectivity index (χ3n) is 11.7. The summed E-state index contributed by atoms with van der Waals surface area (Å²) in [6.07, 6.45) is 12.0. The molecule has 0 radical (unpaired) electrons. The Morgan fingerprint density at radius 1 is 1.06 bits per heavy atom. The lowest BCUT2D eigenvalue weighted by atomic mass is 9.44. The number of fused-ring (bicyclic) bond motifs is 6. The van der Waals surface area contributed by atoms with Gasteiger partial charge in [-0.1, -0.05) is 25.4 Å². The second-order valence-corrected chi connectivity index (χ2v) is 13.7. The number of Topliss-reactive ketones (excluding diaryl/α,β-unsaturated/α-hetero) is 1. The van der Waals surface area contributed by atoms with Crippen molar-refractivity contribution in [1.82, 2.24) is 4.57 Å². The predicted octanol–water partition coefficient (Wildman–Crippen LogP) is 6.90. The minimum Gasteiger partial charge on any atom is -0.387 e. The molecular weight excluding hydrogens is 470 g/mol. The number of methoxy groups -OCH3 is 1. The van der Waals surface area contributed by atoms with Crippen molar-refractivity contribution in [2.24, 2.45) is 40.4 Å². The number of aliphatic hydroxyl groups is 1. The van der Waals surface area contributed by atoms with Gasteiger partial charge in [0.1, 0.15) is 0 Å². The van der Waals surface area contributed by atoms with Crippen molar-refractivity contribution < 1.29 is 14.6 Å². The lowest BCUT2D eigenvalue weighted by Gasteiger charge is -2.62. The monoisotopic (exact) mass is 511 g/mol. The molecule has 2 aromatic rings. The van der Waals surface area contributed by atoms with Crippen LogP contribution in [-0.2, 0) is 16.1 Å². The lowest BCUT2D eigenvalue weighted by molar-refractivity contribution is -0.164. The fourth-order valence-electron chi connectivity index (χ4n) is 9.84. The number of carbonyl (C=O) groups excluding carboxylic acids is 1. The molecule has 0 spiro atoms. The first-order valence-electron chi connectivity index (χ1n) is 14.2. The Hall–Kier alpha value is -1.36. The van der Waals surface area contributed by atoms with Crippen molar-refractivity contribution in [3.8, 4) is 0 Å². The number of carbonyl (C=O) groups is 1. The van der Waals surface area contributed by atoms with Crippen LogP contribution in [0.2, 0.25) is 5.02 Å². The van der Waals surface area contributed by atoms with Crippen LogP contribution in [0.25, 0.3) is 10.9 Å². The first-order chi connectivity index (χ1) is 17.2. The molecule has 4 fully saturated rings. The highest BCUT2D eigenvalue weighted by atomic mass is 35.5. The number of hydrogen-bond donors (Lipinski definition) is 1. The van der Waals surface area contributed by atoms with Crippen LogP contribution in [-0.4, -0.2) is 34.8 Å². The van der Waals surface area contributed by atoms with E-state index in [0.29, 0.717) is 36.2 Å². The van der Waals surface area contributed by atoms with E-state index in [1.54, 1.807) is 7.11 Å². The normalized spacial score (nSPS) is 42.1. The molecule has 8 atom stereocenters. The maximum absolute atomic E-state index is 13.8. The van der Waals surface area contributed by atoms with Gasteiger partial charge in [0.05, 0.1) is 18.8 Å². The zero-order chi connectivity index (χ0) is 25.3. The first-order valence-corrected chi connectivity index (χ1v) is 14.5. The molecule has 4 aliphatic rings. The van der Waals surface area contributed by atoms with Crippen LogP contribution < -0.4 is 0 Å². The van der Waals surface area contributed by atoms with Gasteiger partial charge in [-0.05, 0) is 117 Å². The van der Waals surface area contributed by atoms with Crippen LogP contribution >= 0.6 is 11.6 Å². The maximum atomic E-state index is 13.8. The Balaban J connectivity index is 1.19. The number of benzene rings is 1. The fraction of sp³-hybridized carbons (Fsp3) is 0.710. The second kappa shape index (κ2) is 8.85. The lowest BCUT2D eigenvalue weighted by Crippen LogP contribution is -2.56. The van der Waals surface area contributed by atoms with Gasteiger partial charge in [0.15, 0.2) is 5.78 Å². The molecule has 4 saturated carbocycles. The second-order valence-electron chi connectivity index (χ2n) is 13.3. The Morgan fingerprint density at radius 2 is 1.86 bits per heavy atom. The molecular formula is C31H42ClNO3. The van der Waals surface area contributed by atoms with Crippen LogP contribution in [0.5, 0.6) is 0 Å². The highest BCUT2D eigenvalue weighted by Gasteiger charge is 2.62. The number of ketones is 1. The van der Waals surface area contributed by atoms with E-state index in [9.17, 15) is 9.90 Å². The van der Waals surface area contributed by atoms with E-state index in [1.165, 1.54) is 32.1 Å². The van der Waals surface area contributed by atoms with Crippen molar-refractivity contribution in [1.29, 1.82) is 0 Å². The maximum Gasteiger partial charge on any atom is 0.156 e. The molecule has 4 nitrogen and oxygen atoms in total. The van der Waals surface area contributed by atoms with E-state index in [2.05, 4.69) is 24.5 Å². The Bertz CT molecular complexity index is 1160. The van der Waals surface area contributed by atoms with Gasteiger partial charge in [-0.3, -0.25) is 4.79 Å². The summed E-state index contributed by atoms with van der Waals surface area (Å²) >= 11 is 6.17. The number of nitrogens with zero attached hydrogens (tertiary/aromatic N) is 1. The Labute approximate surface area is 220 Å². The number of halogens is 1. The van der Waals surface area contributed by atoms with Crippen LogP contribution in [0, 0.1) is 40.4 Å². The van der Waals surface area contributed by atoms with Gasteiger partial charge in [-0.2, -0.15) is 0 Å². The van der Waals surface area contributed by atoms with E-state index < -0.39 is 5.60 Å². The van der Waals surface area contributed by atoms with Gasteiger partial charge < -0.3 is 14.4 Å². The van der Waals surface area contributed by atoms with Crippen LogP contribution in [0.4, 0.5) is 0 Å². The highest BCUT2D eigenvalue weighted by Crippen LogP contribution is 2.68. The quantitative estimate of drug-likeness (QED) is 0.475. The van der Waals surface area contributed by atoms with Gasteiger partial charge >= 0.3 is 0 Å². The van der Waals surface area contributed by atoms with E-state index in [-0.39, 0.29) is 11.3 Å². The number of rotatable bonds is 5. The molecule has 0 unspecified atom stereocenters. The minimum atomic E-state index is -0.645. The predicted molar refractivity (Wildman–Crippen MR) is 144 cm³/mol. The SMILES string of the molecule is COC[C@@]1(O)CC[C@@]2(C)[C@@H](CC[C@@H]3[C@@H]2CC[C@]2(C)[C@@H](C(=O)Cn4ccc5cc(Cl)ccc54)CC[C@@H]32)C1. The van der Waals surface area contributed by atoms with Crippen molar-refractivity contribution in [2.75, 3.05) is 13.7 Å². The van der Waals surface area contributed by atoms with Crippen LogP contribution in [0.15, 0.2) is 30.5 Å². The van der Waals surface area contributed by atoms with E-state index in [1.807, 2.05) is 24.4 Å². The molecule has 0 bridgehead atoms. The van der Waals surface area contributed by atoms with Gasteiger partial charge in [-0.15, -0.1) is 0 Å². The van der Waals surface area contributed by atoms with Gasteiger partial charge in [0.25, 0.3) is 0 Å². The minimum absolute atomic E-state index is 0.124. The highest BCUT2D eigenvalue weighted by molar-refractivity contribution is 6.31. The summed E-state index contributed by atoms with van der Waals surface area (Å²) < 4.78 is 7.50. The van der Waals surface area contributed by atoms with Crippen molar-refractivity contribution in [2.45, 2.75) is 83.8 Å². The molecule has 1 aromatic carbocycles. The van der Waals surface area contributed by atoms with Gasteiger partial charge in [0.2, 0.25) is 0 Å². The molecule has 4 aliphatic carbocycles. The molecule has 36 heavy (non-hydrogen) atoms. The molecule has 0 saturated heterocycles. The van der Waals surface area contributed by atoms with E-state index in [0.717, 1.165) is 53.4 Å². The van der Waals surface area contributed by atoms with Crippen molar-refractivity contribution in [3.05, 3.63) is 35.5 Å². The summed E-state index contributed by atoms with van der Waals surface area (Å²) in [6.45, 7) is 5.90. The van der Waals surface area contributed by atoms with Crippen molar-refractivity contribution in [3.63, 3.8) is 0 Å². The summed E-state index contributed by atoms with van der Waals surface area (Å²) in [4.78, 5) is 13.8. The zero-order valence-corrected chi connectivity index (χ0v) is 22.9. The summed E-state index contributed by atoms with van der Waals surface area (Å²) in [5.41, 5.74) is 0.887. The van der Waals surface area contributed by atoms with Gasteiger partial charge in [-0.25, -0.2) is 0 Å². The topological polar surface area (TPSA) is 51.5 Å². The summed E-state index contributed by atoms with van der Waals surface area (Å²) in [6, 6.07) is 7.99. The average molecular weight is 512 g/mol. The Kier molecular flexibility index (Phi) is 6.13. The molecule has 1 N–H and O–H groups in total. The molecule has 0 amide bonds. The number of hydrogen-bond acceptors (Lipinski definition) is 3. The first kappa shape index (κ1) is 24.9. The molecule has 6 rings (SSSR count). The molecule has 1 aromatic heterocycles. The summed E-state index contributed by atoms with van der Waals surface area (Å²) in [5.74, 6) is 3.28. The largest absolute Gasteiger partial charge is 0.387 e. The van der Waals surface area contributed by atoms with Crippen molar-refractivity contribution >= 4 is 28.3 Å². The summed E-state index contributed by atoms with van der Waals surface area (Å²) in [7, 11) is 1.71. The molecule has 196 valence electrons. The van der Waals surface area contributed by atoms with Crippen LogP contribution in [0.1, 0.15) is 71.6 Å². The molecule has 5 heteroatoms. The number of ether oxygens (including phenoxy) is 1. The standard InChI is InChI=1S/C31H42ClNO3/c1-29-13-14-31(35,19-36-3)17-21(29)4-6-23-24-7-8-26(30(24,2)12-10-25(23)29)28(34)18-33-15-11-20-16-22(32)5-9-27(20)33/h5,9,11,15-16,21,23-26,35H,4,6-8,10,12-14,17-19H2,1-3H3/t21-,23-,24-,25-,26+,29-,30-,31+/m0/s1. The fourth-order valence-corrected chi connectivity index (χ4v) is 10.0. The third kappa shape index (κ3) is 3.81. The van der Waals surface area contributed by atoms with Crippen LogP contribution in [0.3, 0.4) is 0 Å². The molecule has 0 aliphatic heterocycles. The number of aromatic nitrogens is 1. The summed E-state index contributed by atoms with van der Waals surface area (Å²) in [5, 5.41) is 13.0. The molecule has 1 heterocycles. The van der Waals surface area contributed by atoms with E-state index in [4.69, 9.17) is 16.3 Å². The van der Waals surface area contributed by atoms with E-state index >= 15 is 0 Å². The average Bonchev–Trinajstić information content (AvgIpc) is 3.39. The van der Waals surface area contributed by atoms with Gasteiger partial charge in [0, 0.05) is 35.2 Å². The Morgan fingerprint density at radius 3 is 2.67 bits per heavy atom. The zero-order valence-electron chi connectivity index (χ0n) is 22.1.